The maximum atomic E-state index is 15.6. The Morgan fingerprint density at radius 3 is 1.24 bits per heavy atom. The summed E-state index contributed by atoms with van der Waals surface area (Å²) in [7, 11) is -4.45. The summed E-state index contributed by atoms with van der Waals surface area (Å²) in [5.41, 5.74) is -2.11. The molecule has 416 valence electrons. The Morgan fingerprint density at radius 1 is 0.527 bits per heavy atom. The number of benzene rings is 2. The van der Waals surface area contributed by atoms with Crippen molar-refractivity contribution < 1.29 is 57.4 Å². The minimum Gasteiger partial charge on any atom is -0.378 e. The topological polar surface area (TPSA) is 130 Å². The Labute approximate surface area is 434 Å². The van der Waals surface area contributed by atoms with E-state index in [1.807, 2.05) is 0 Å². The fraction of sp³-hybridized carbons (Fsp3) is 0.745. The van der Waals surface area contributed by atoms with Crippen molar-refractivity contribution >= 4 is 25.8 Å². The van der Waals surface area contributed by atoms with Crippen molar-refractivity contribution in [2.75, 3.05) is 132 Å². The normalized spacial score (nSPS) is 25.6. The third-order valence-electron chi connectivity index (χ3n) is 16.5. The number of halogens is 6. The van der Waals surface area contributed by atoms with E-state index in [0.717, 1.165) is 102 Å². The van der Waals surface area contributed by atoms with Gasteiger partial charge in [0, 0.05) is 89.6 Å². The smallest absolute Gasteiger partial charge is 0.378 e. The highest BCUT2D eigenvalue weighted by Gasteiger charge is 2.43. The highest BCUT2D eigenvalue weighted by Crippen LogP contribution is 2.35. The summed E-state index contributed by atoms with van der Waals surface area (Å²) in [5, 5.41) is 0. The highest BCUT2D eigenvalue weighted by atomic mass is 32.2. The number of ketones is 1. The van der Waals surface area contributed by atoms with E-state index < -0.39 is 77.5 Å². The van der Waals surface area contributed by atoms with Gasteiger partial charge in [0.25, 0.3) is 0 Å². The van der Waals surface area contributed by atoms with E-state index in [9.17, 15) is 43.2 Å². The monoisotopic (exact) mass is 1090 g/mol. The number of carbonyl (C=O) groups excluding carboxylic acids is 1. The van der Waals surface area contributed by atoms with Crippen molar-refractivity contribution in [1.29, 1.82) is 0 Å². The second kappa shape index (κ2) is 24.9. The molecule has 2 aromatic carbocycles. The standard InChI is InChI=1S/C51H76F6N8O7S2/c1-58-21-15-41(16-22-58)60-25-29-62(30-26-60)47(37-71-35-43-11-3-5-19-64(43)73(67,68)45-13-7-9-39(33-45)50(52,53)54)49(66)48(63-31-27-61(28-32-63)42-17-23-59(2)24-18-42)38-72-36-44-12-4-6-20-65(44)74(69,70)46-14-8-10-40(34-46)51(55,56)57/h7-10,13-14,33-34,41-44,47-48H,3-6,11-12,15-32,35-38H2,1-2H3. The molecule has 0 saturated carbocycles. The zero-order valence-electron chi connectivity index (χ0n) is 42.9. The molecule has 0 amide bonds. The summed E-state index contributed by atoms with van der Waals surface area (Å²) in [6.07, 6.45) is -2.00. The minimum absolute atomic E-state index is 0.0707. The largest absolute Gasteiger partial charge is 0.416 e. The average Bonchev–Trinajstić information content (AvgIpc) is 3.39. The van der Waals surface area contributed by atoms with Crippen molar-refractivity contribution in [2.45, 2.75) is 123 Å². The molecule has 0 radical (unpaired) electrons. The molecule has 4 unspecified atom stereocenters. The molecular weight excluding hydrogens is 1010 g/mol. The first-order valence-corrected chi connectivity index (χ1v) is 29.5. The van der Waals surface area contributed by atoms with E-state index in [1.54, 1.807) is 0 Å². The molecule has 0 aliphatic carbocycles. The molecule has 0 spiro atoms. The first-order valence-electron chi connectivity index (χ1n) is 26.6. The molecule has 4 atom stereocenters. The predicted molar refractivity (Wildman–Crippen MR) is 268 cm³/mol. The van der Waals surface area contributed by atoms with Crippen LogP contribution in [-0.2, 0) is 46.7 Å². The van der Waals surface area contributed by atoms with Gasteiger partial charge in [-0.2, -0.15) is 35.0 Å². The van der Waals surface area contributed by atoms with Gasteiger partial charge in [-0.25, -0.2) is 16.8 Å². The summed E-state index contributed by atoms with van der Waals surface area (Å²) in [6.45, 7) is 9.18. The van der Waals surface area contributed by atoms with Crippen LogP contribution < -0.4 is 0 Å². The zero-order valence-corrected chi connectivity index (χ0v) is 44.5. The van der Waals surface area contributed by atoms with Crippen molar-refractivity contribution in [1.82, 2.24) is 38.0 Å². The van der Waals surface area contributed by atoms with Crippen molar-refractivity contribution in [3.8, 4) is 0 Å². The van der Waals surface area contributed by atoms with Crippen molar-refractivity contribution in [3.63, 3.8) is 0 Å². The fourth-order valence-corrected chi connectivity index (χ4v) is 15.4. The van der Waals surface area contributed by atoms with Crippen LogP contribution in [0.1, 0.15) is 75.3 Å². The number of likely N-dealkylation sites (tertiary alicyclic amines) is 2. The van der Waals surface area contributed by atoms with Crippen LogP contribution in [0.4, 0.5) is 26.3 Å². The van der Waals surface area contributed by atoms with Gasteiger partial charge in [-0.15, -0.1) is 0 Å². The molecule has 6 aliphatic rings. The predicted octanol–water partition coefficient (Wildman–Crippen LogP) is 5.27. The van der Waals surface area contributed by atoms with E-state index in [1.165, 1.54) is 20.7 Å². The first-order chi connectivity index (χ1) is 35.2. The number of hydrogen-bond acceptors (Lipinski definition) is 13. The molecule has 15 nitrogen and oxygen atoms in total. The number of sulfonamides is 2. The van der Waals surface area contributed by atoms with Gasteiger partial charge in [-0.1, -0.05) is 25.0 Å². The zero-order chi connectivity index (χ0) is 52.8. The Balaban J connectivity index is 1.02. The van der Waals surface area contributed by atoms with Crippen LogP contribution in [0, 0.1) is 0 Å². The Kier molecular flexibility index (Phi) is 19.3. The summed E-state index contributed by atoms with van der Waals surface area (Å²) >= 11 is 0. The third-order valence-corrected chi connectivity index (χ3v) is 20.4. The van der Waals surface area contributed by atoms with Gasteiger partial charge in [-0.3, -0.25) is 24.4 Å². The fourth-order valence-electron chi connectivity index (χ4n) is 12.0. The van der Waals surface area contributed by atoms with Gasteiger partial charge in [0.15, 0.2) is 5.78 Å². The first kappa shape index (κ1) is 57.4. The van der Waals surface area contributed by atoms with E-state index >= 15 is 4.79 Å². The lowest BCUT2D eigenvalue weighted by Crippen LogP contribution is -2.62. The van der Waals surface area contributed by atoms with E-state index in [0.29, 0.717) is 88.9 Å². The molecule has 6 fully saturated rings. The maximum Gasteiger partial charge on any atom is 0.416 e. The SMILES string of the molecule is CN1CCC(N2CCN(C(COCC3CCCCN3S(=O)(=O)c3cccc(C(F)(F)F)c3)C(=O)C(COCC3CCCCN3S(=O)(=O)c3cccc(C(F)(F)F)c3)N3CCN(C4CCN(C)CC4)CC3)CC2)CC1. The molecule has 6 aliphatic heterocycles. The Hall–Kier alpha value is -2.81. The molecule has 23 heteroatoms. The van der Waals surface area contributed by atoms with E-state index in [2.05, 4.69) is 43.5 Å². The van der Waals surface area contributed by atoms with Gasteiger partial charge in [0.05, 0.1) is 59.4 Å². The number of hydrogen-bond donors (Lipinski definition) is 0. The number of alkyl halides is 6. The number of carbonyl (C=O) groups is 1. The number of piperazine rings is 2. The number of Topliss-reactive ketones (excluding diaryl/α,β-unsaturated/α-hetero) is 1. The summed E-state index contributed by atoms with van der Waals surface area (Å²) in [4.78, 5) is 28.7. The lowest BCUT2D eigenvalue weighted by molar-refractivity contribution is -0.138. The molecule has 2 aromatic rings. The average molecular weight is 1090 g/mol. The Bertz CT molecular complexity index is 2210. The van der Waals surface area contributed by atoms with Gasteiger partial charge < -0.3 is 19.3 Å². The number of rotatable bonds is 18. The van der Waals surface area contributed by atoms with Crippen molar-refractivity contribution in [3.05, 3.63) is 59.7 Å². The van der Waals surface area contributed by atoms with Crippen LogP contribution >= 0.6 is 0 Å². The quantitative estimate of drug-likeness (QED) is 0.180. The molecule has 6 saturated heterocycles. The molecule has 0 bridgehead atoms. The van der Waals surface area contributed by atoms with Crippen LogP contribution in [0.25, 0.3) is 0 Å². The molecule has 6 heterocycles. The van der Waals surface area contributed by atoms with Crippen LogP contribution in [-0.4, -0.2) is 229 Å². The van der Waals surface area contributed by atoms with Crippen LogP contribution in [0.15, 0.2) is 58.3 Å². The minimum atomic E-state index is -4.73. The number of piperidine rings is 4. The van der Waals surface area contributed by atoms with Crippen LogP contribution in [0.2, 0.25) is 0 Å². The van der Waals surface area contributed by atoms with E-state index in [-0.39, 0.29) is 45.3 Å². The molecular formula is C51H76F6N8O7S2. The summed E-state index contributed by atoms with van der Waals surface area (Å²) in [5.74, 6) is -0.139. The maximum absolute atomic E-state index is 15.6. The van der Waals surface area contributed by atoms with Gasteiger partial charge >= 0.3 is 12.4 Å². The van der Waals surface area contributed by atoms with Crippen LogP contribution in [0.5, 0.6) is 0 Å². The number of ether oxygens (including phenoxy) is 2. The van der Waals surface area contributed by atoms with Crippen molar-refractivity contribution in [2.24, 2.45) is 0 Å². The molecule has 0 aromatic heterocycles. The van der Waals surface area contributed by atoms with Crippen LogP contribution in [0.3, 0.4) is 0 Å². The van der Waals surface area contributed by atoms with Gasteiger partial charge in [0.2, 0.25) is 20.0 Å². The lowest BCUT2D eigenvalue weighted by Gasteiger charge is -2.46. The lowest BCUT2D eigenvalue weighted by atomic mass is 9.99. The Morgan fingerprint density at radius 2 is 0.892 bits per heavy atom. The van der Waals surface area contributed by atoms with E-state index in [4.69, 9.17) is 9.47 Å². The summed E-state index contributed by atoms with van der Waals surface area (Å²) < 4.78 is 154. The highest BCUT2D eigenvalue weighted by molar-refractivity contribution is 7.89. The molecule has 74 heavy (non-hydrogen) atoms. The second-order valence-corrected chi connectivity index (χ2v) is 25.1. The molecule has 0 N–H and O–H groups in total. The molecule has 8 rings (SSSR count). The second-order valence-electron chi connectivity index (χ2n) is 21.3. The van der Waals surface area contributed by atoms with Gasteiger partial charge in [0.1, 0.15) is 0 Å². The number of nitrogens with zero attached hydrogens (tertiary/aromatic N) is 8. The van der Waals surface area contributed by atoms with Gasteiger partial charge in [-0.05, 0) is 128 Å². The summed E-state index contributed by atoms with van der Waals surface area (Å²) in [6, 6.07) is 5.48. The third kappa shape index (κ3) is 14.1.